The first-order valence-corrected chi connectivity index (χ1v) is 6.02. The number of aliphatic hydroxyl groups is 1. The van der Waals surface area contributed by atoms with Crippen LogP contribution < -0.4 is 4.74 Å². The van der Waals surface area contributed by atoms with Gasteiger partial charge in [0.05, 0.1) is 12.2 Å². The summed E-state index contributed by atoms with van der Waals surface area (Å²) in [6, 6.07) is 8.04. The van der Waals surface area contributed by atoms with Crippen LogP contribution >= 0.6 is 0 Å². The topological polar surface area (TPSA) is 29.5 Å². The zero-order valence-corrected chi connectivity index (χ0v) is 10.5. The summed E-state index contributed by atoms with van der Waals surface area (Å²) in [5, 5.41) is 9.96. The van der Waals surface area contributed by atoms with Crippen molar-refractivity contribution in [3.63, 3.8) is 0 Å². The zero-order chi connectivity index (χ0) is 12.0. The predicted octanol–water partition coefficient (Wildman–Crippen LogP) is 3.18. The Morgan fingerprint density at radius 3 is 2.56 bits per heavy atom. The average Bonchev–Trinajstić information content (AvgIpc) is 2.28. The minimum atomic E-state index is -0.570. The number of rotatable bonds is 6. The zero-order valence-electron chi connectivity index (χ0n) is 10.5. The normalized spacial score (nSPS) is 14.5. The van der Waals surface area contributed by atoms with Crippen molar-refractivity contribution in [2.75, 3.05) is 6.61 Å². The summed E-state index contributed by atoms with van der Waals surface area (Å²) in [4.78, 5) is 0. The Balaban J connectivity index is 2.66. The van der Waals surface area contributed by atoms with Gasteiger partial charge in [0.25, 0.3) is 0 Å². The van der Waals surface area contributed by atoms with Gasteiger partial charge in [-0.25, -0.2) is 0 Å². The number of hydrogen-bond donors (Lipinski definition) is 1. The maximum atomic E-state index is 9.96. The van der Waals surface area contributed by atoms with Crippen molar-refractivity contribution < 1.29 is 9.84 Å². The molecule has 0 amide bonds. The van der Waals surface area contributed by atoms with E-state index in [9.17, 15) is 5.11 Å². The number of benzene rings is 1. The quantitative estimate of drug-likeness (QED) is 0.801. The summed E-state index contributed by atoms with van der Waals surface area (Å²) in [5.41, 5.74) is 0.609. The van der Waals surface area contributed by atoms with Gasteiger partial charge < -0.3 is 9.84 Å². The Morgan fingerprint density at radius 2 is 1.94 bits per heavy atom. The first-order chi connectivity index (χ1) is 7.59. The van der Waals surface area contributed by atoms with Gasteiger partial charge in [-0.3, -0.25) is 0 Å². The summed E-state index contributed by atoms with van der Waals surface area (Å²) in [6.45, 7) is 6.56. The van der Waals surface area contributed by atoms with Gasteiger partial charge in [-0.1, -0.05) is 25.1 Å². The summed E-state index contributed by atoms with van der Waals surface area (Å²) in [7, 11) is 0. The first kappa shape index (κ1) is 13.0. The van der Waals surface area contributed by atoms with Crippen LogP contribution in [0.1, 0.15) is 39.2 Å². The van der Waals surface area contributed by atoms with Gasteiger partial charge in [0.1, 0.15) is 5.75 Å². The van der Waals surface area contributed by atoms with E-state index in [1.165, 1.54) is 5.56 Å². The van der Waals surface area contributed by atoms with E-state index in [4.69, 9.17) is 4.74 Å². The number of para-hydroxylation sites is 1. The molecule has 0 radical (unpaired) electrons. The smallest absolute Gasteiger partial charge is 0.122 e. The molecule has 0 aliphatic carbocycles. The third-order valence-corrected chi connectivity index (χ3v) is 2.97. The molecule has 0 saturated heterocycles. The molecule has 1 aromatic carbocycles. The average molecular weight is 222 g/mol. The maximum Gasteiger partial charge on any atom is 0.122 e. The van der Waals surface area contributed by atoms with Gasteiger partial charge in [-0.05, 0) is 44.7 Å². The largest absolute Gasteiger partial charge is 0.494 e. The molecule has 0 spiro atoms. The van der Waals surface area contributed by atoms with E-state index in [2.05, 4.69) is 6.07 Å². The molecule has 1 unspecified atom stereocenters. The molecule has 0 fully saturated rings. The molecule has 0 bridgehead atoms. The van der Waals surface area contributed by atoms with Gasteiger partial charge in [0.2, 0.25) is 0 Å². The van der Waals surface area contributed by atoms with Crippen molar-refractivity contribution >= 4 is 0 Å². The van der Waals surface area contributed by atoms with Crippen molar-refractivity contribution in [2.24, 2.45) is 0 Å². The van der Waals surface area contributed by atoms with Crippen molar-refractivity contribution in [2.45, 2.75) is 45.6 Å². The van der Waals surface area contributed by atoms with Gasteiger partial charge in [-0.2, -0.15) is 0 Å². The lowest BCUT2D eigenvalue weighted by Crippen LogP contribution is -2.23. The maximum absolute atomic E-state index is 9.96. The Kier molecular flexibility index (Phi) is 4.81. The fraction of sp³-hybridized carbons (Fsp3) is 0.571. The van der Waals surface area contributed by atoms with Crippen LogP contribution in [-0.2, 0) is 6.42 Å². The van der Waals surface area contributed by atoms with Crippen LogP contribution in [0, 0.1) is 0 Å². The molecule has 0 saturated carbocycles. The fourth-order valence-electron chi connectivity index (χ4n) is 1.59. The molecule has 16 heavy (non-hydrogen) atoms. The highest BCUT2D eigenvalue weighted by Gasteiger charge is 2.17. The first-order valence-electron chi connectivity index (χ1n) is 6.02. The van der Waals surface area contributed by atoms with Gasteiger partial charge in [0, 0.05) is 0 Å². The second-order valence-corrected chi connectivity index (χ2v) is 4.39. The van der Waals surface area contributed by atoms with Crippen LogP contribution in [-0.4, -0.2) is 17.3 Å². The second kappa shape index (κ2) is 5.90. The molecule has 1 rings (SSSR count). The molecule has 1 N–H and O–H groups in total. The molecule has 0 heterocycles. The Bertz CT molecular complexity index is 318. The summed E-state index contributed by atoms with van der Waals surface area (Å²) >= 11 is 0. The minimum Gasteiger partial charge on any atom is -0.494 e. The van der Waals surface area contributed by atoms with Crippen LogP contribution in [0.5, 0.6) is 5.75 Å². The van der Waals surface area contributed by atoms with Crippen molar-refractivity contribution in [1.29, 1.82) is 0 Å². The number of aryl methyl sites for hydroxylation is 1. The molecular weight excluding hydrogens is 200 g/mol. The highest BCUT2D eigenvalue weighted by atomic mass is 16.5. The van der Waals surface area contributed by atoms with Crippen molar-refractivity contribution in [3.8, 4) is 5.75 Å². The van der Waals surface area contributed by atoms with Gasteiger partial charge in [-0.15, -0.1) is 0 Å². The van der Waals surface area contributed by atoms with E-state index in [1.807, 2.05) is 39.0 Å². The van der Waals surface area contributed by atoms with Crippen LogP contribution in [0.3, 0.4) is 0 Å². The third kappa shape index (κ3) is 3.86. The SMILES string of the molecule is CCOc1ccccc1CCC(C)(O)CC. The van der Waals surface area contributed by atoms with Crippen molar-refractivity contribution in [1.82, 2.24) is 0 Å². The number of ether oxygens (including phenoxy) is 1. The molecule has 0 aromatic heterocycles. The second-order valence-electron chi connectivity index (χ2n) is 4.39. The molecular formula is C14H22O2. The highest BCUT2D eigenvalue weighted by molar-refractivity contribution is 5.33. The standard InChI is InChI=1S/C14H22O2/c1-4-14(3,15)11-10-12-8-6-7-9-13(12)16-5-2/h6-9,15H,4-5,10-11H2,1-3H3. The van der Waals surface area contributed by atoms with Crippen LogP contribution in [0.4, 0.5) is 0 Å². The van der Waals surface area contributed by atoms with E-state index < -0.39 is 5.60 Å². The third-order valence-electron chi connectivity index (χ3n) is 2.97. The molecule has 2 nitrogen and oxygen atoms in total. The van der Waals surface area contributed by atoms with Crippen LogP contribution in [0.15, 0.2) is 24.3 Å². The molecule has 0 aliphatic heterocycles. The van der Waals surface area contributed by atoms with Crippen LogP contribution in [0.2, 0.25) is 0 Å². The molecule has 1 atom stereocenters. The molecule has 0 aliphatic rings. The lowest BCUT2D eigenvalue weighted by atomic mass is 9.94. The molecule has 2 heteroatoms. The molecule has 1 aromatic rings. The monoisotopic (exact) mass is 222 g/mol. The summed E-state index contributed by atoms with van der Waals surface area (Å²) in [6.07, 6.45) is 2.41. The fourth-order valence-corrected chi connectivity index (χ4v) is 1.59. The van der Waals surface area contributed by atoms with Crippen molar-refractivity contribution in [3.05, 3.63) is 29.8 Å². The van der Waals surface area contributed by atoms with E-state index in [0.29, 0.717) is 6.61 Å². The van der Waals surface area contributed by atoms with E-state index >= 15 is 0 Å². The highest BCUT2D eigenvalue weighted by Crippen LogP contribution is 2.23. The molecule has 90 valence electrons. The Morgan fingerprint density at radius 1 is 1.25 bits per heavy atom. The lowest BCUT2D eigenvalue weighted by molar-refractivity contribution is 0.0471. The van der Waals surface area contributed by atoms with Gasteiger partial charge in [0.15, 0.2) is 0 Å². The van der Waals surface area contributed by atoms with Gasteiger partial charge >= 0.3 is 0 Å². The lowest BCUT2D eigenvalue weighted by Gasteiger charge is -2.21. The van der Waals surface area contributed by atoms with E-state index in [0.717, 1.165) is 25.0 Å². The Labute approximate surface area is 98.3 Å². The predicted molar refractivity (Wildman–Crippen MR) is 66.8 cm³/mol. The summed E-state index contributed by atoms with van der Waals surface area (Å²) < 4.78 is 5.55. The van der Waals surface area contributed by atoms with E-state index in [1.54, 1.807) is 0 Å². The van der Waals surface area contributed by atoms with E-state index in [-0.39, 0.29) is 0 Å². The Hall–Kier alpha value is -1.02. The minimum absolute atomic E-state index is 0.570. The summed E-state index contributed by atoms with van der Waals surface area (Å²) in [5.74, 6) is 0.942. The van der Waals surface area contributed by atoms with Crippen LogP contribution in [0.25, 0.3) is 0 Å². The number of hydrogen-bond acceptors (Lipinski definition) is 2.